The van der Waals surface area contributed by atoms with E-state index in [1.165, 1.54) is 26.0 Å². The Balaban J connectivity index is 1.83. The van der Waals surface area contributed by atoms with Gasteiger partial charge >= 0.3 is 11.9 Å². The number of benzene rings is 1. The Bertz CT molecular complexity index is 765. The van der Waals surface area contributed by atoms with Gasteiger partial charge in [-0.1, -0.05) is 12.1 Å². The molecule has 0 unspecified atom stereocenters. The van der Waals surface area contributed by atoms with Crippen LogP contribution in [0.3, 0.4) is 0 Å². The van der Waals surface area contributed by atoms with Crippen LogP contribution in [0.1, 0.15) is 34.6 Å². The second-order valence-electron chi connectivity index (χ2n) is 5.85. The lowest BCUT2D eigenvalue weighted by Crippen LogP contribution is -2.49. The molecule has 0 saturated heterocycles. The van der Waals surface area contributed by atoms with E-state index in [-0.39, 0.29) is 6.61 Å². The van der Waals surface area contributed by atoms with Crippen LogP contribution in [0.4, 0.5) is 0 Å². The van der Waals surface area contributed by atoms with Gasteiger partial charge in [0.05, 0.1) is 11.1 Å². The van der Waals surface area contributed by atoms with Gasteiger partial charge in [-0.05, 0) is 24.3 Å². The molecule has 8 heteroatoms. The fraction of sp³-hybridized carbons (Fsp3) is 0.333. The molecule has 0 N–H and O–H groups in total. The summed E-state index contributed by atoms with van der Waals surface area (Å²) in [6.45, 7) is 2.30. The van der Waals surface area contributed by atoms with Gasteiger partial charge in [0.15, 0.2) is 6.23 Å². The Morgan fingerprint density at radius 1 is 1.04 bits per heavy atom. The summed E-state index contributed by atoms with van der Waals surface area (Å²) in [4.78, 5) is 48.4. The first-order valence-electron chi connectivity index (χ1n) is 7.99. The van der Waals surface area contributed by atoms with Gasteiger partial charge in [-0.2, -0.15) is 0 Å². The average molecular weight is 359 g/mol. The largest absolute Gasteiger partial charge is 0.463 e. The Kier molecular flexibility index (Phi) is 4.85. The third-order valence-electron chi connectivity index (χ3n) is 3.98. The predicted octanol–water partition coefficient (Wildman–Crippen LogP) is 1.06. The zero-order valence-electron chi connectivity index (χ0n) is 14.2. The first-order valence-corrected chi connectivity index (χ1v) is 7.99. The van der Waals surface area contributed by atoms with Gasteiger partial charge in [-0.15, -0.1) is 0 Å². The third-order valence-corrected chi connectivity index (χ3v) is 3.98. The van der Waals surface area contributed by atoms with Crippen LogP contribution < -0.4 is 0 Å². The molecule has 0 spiro atoms. The molecule has 0 radical (unpaired) electrons. The Labute approximate surface area is 149 Å². The van der Waals surface area contributed by atoms with E-state index >= 15 is 0 Å². The standard InChI is InChI=1S/C18H17NO7/c1-10(20)24-9-15-14(25-11(2)21)7-8-16(26-15)19-17(22)12-5-3-4-6-13(12)18(19)23/h3-8,14-16H,9H2,1-2H3/t14-,15+,16-/m0/s1. The number of rotatable bonds is 4. The van der Waals surface area contributed by atoms with E-state index in [1.54, 1.807) is 24.3 Å². The fourth-order valence-corrected chi connectivity index (χ4v) is 2.86. The van der Waals surface area contributed by atoms with Crippen LogP contribution in [-0.2, 0) is 23.8 Å². The number of imide groups is 1. The molecule has 0 saturated carbocycles. The quantitative estimate of drug-likeness (QED) is 0.450. The van der Waals surface area contributed by atoms with Crippen LogP contribution in [0, 0.1) is 0 Å². The van der Waals surface area contributed by atoms with Gasteiger partial charge in [0.25, 0.3) is 11.8 Å². The summed E-state index contributed by atoms with van der Waals surface area (Å²) < 4.78 is 15.8. The number of carbonyl (C=O) groups is 4. The van der Waals surface area contributed by atoms with E-state index in [0.29, 0.717) is 11.1 Å². The Morgan fingerprint density at radius 2 is 1.65 bits per heavy atom. The summed E-state index contributed by atoms with van der Waals surface area (Å²) >= 11 is 0. The molecule has 0 fully saturated rings. The van der Waals surface area contributed by atoms with E-state index in [2.05, 4.69) is 0 Å². The lowest BCUT2D eigenvalue weighted by Gasteiger charge is -2.34. The summed E-state index contributed by atoms with van der Waals surface area (Å²) in [6.07, 6.45) is 0.363. The Morgan fingerprint density at radius 3 is 2.19 bits per heavy atom. The molecule has 2 amide bonds. The van der Waals surface area contributed by atoms with Crippen molar-refractivity contribution in [3.8, 4) is 0 Å². The first-order chi connectivity index (χ1) is 12.4. The van der Waals surface area contributed by atoms with E-state index < -0.39 is 42.2 Å². The van der Waals surface area contributed by atoms with Crippen molar-refractivity contribution in [1.82, 2.24) is 4.90 Å². The SMILES string of the molecule is CC(=O)OC[C@H]1O[C@H](N2C(=O)c3ccccc3C2=O)C=C[C@@H]1OC(C)=O. The molecule has 0 aromatic heterocycles. The fourth-order valence-electron chi connectivity index (χ4n) is 2.86. The van der Waals surface area contributed by atoms with Crippen LogP contribution in [0.15, 0.2) is 36.4 Å². The molecule has 3 atom stereocenters. The number of nitrogens with zero attached hydrogens (tertiary/aromatic N) is 1. The number of amides is 2. The molecule has 1 aromatic carbocycles. The number of hydrogen-bond donors (Lipinski definition) is 0. The van der Waals surface area contributed by atoms with Crippen LogP contribution in [0.25, 0.3) is 0 Å². The van der Waals surface area contributed by atoms with E-state index in [9.17, 15) is 19.2 Å². The molecular weight excluding hydrogens is 342 g/mol. The number of esters is 2. The van der Waals surface area contributed by atoms with Crippen molar-refractivity contribution in [1.29, 1.82) is 0 Å². The summed E-state index contributed by atoms with van der Waals surface area (Å²) in [6, 6.07) is 6.48. The molecule has 8 nitrogen and oxygen atoms in total. The predicted molar refractivity (Wildman–Crippen MR) is 86.9 cm³/mol. The molecule has 0 aliphatic carbocycles. The zero-order chi connectivity index (χ0) is 18.8. The van der Waals surface area contributed by atoms with Crippen LogP contribution in [0.2, 0.25) is 0 Å². The molecule has 0 bridgehead atoms. The number of hydrogen-bond acceptors (Lipinski definition) is 7. The summed E-state index contributed by atoms with van der Waals surface area (Å²) in [7, 11) is 0. The molecule has 3 rings (SSSR count). The second kappa shape index (κ2) is 7.09. The second-order valence-corrected chi connectivity index (χ2v) is 5.85. The monoisotopic (exact) mass is 359 g/mol. The maximum absolute atomic E-state index is 12.6. The molecule has 1 aromatic rings. The normalized spacial score (nSPS) is 24.4. The minimum atomic E-state index is -0.991. The molecular formula is C18H17NO7. The van der Waals surface area contributed by atoms with Gasteiger partial charge in [0.2, 0.25) is 0 Å². The van der Waals surface area contributed by atoms with Gasteiger partial charge in [-0.25, -0.2) is 4.90 Å². The van der Waals surface area contributed by atoms with Crippen molar-refractivity contribution in [2.75, 3.05) is 6.61 Å². The van der Waals surface area contributed by atoms with Crippen molar-refractivity contribution in [2.45, 2.75) is 32.3 Å². The maximum Gasteiger partial charge on any atom is 0.303 e. The summed E-state index contributed by atoms with van der Waals surface area (Å²) in [5, 5.41) is 0. The molecule has 26 heavy (non-hydrogen) atoms. The lowest BCUT2D eigenvalue weighted by molar-refractivity contribution is -0.168. The van der Waals surface area contributed by atoms with Crippen molar-refractivity contribution in [3.05, 3.63) is 47.5 Å². The average Bonchev–Trinajstić information content (AvgIpc) is 2.85. The van der Waals surface area contributed by atoms with Gasteiger partial charge in [-0.3, -0.25) is 19.2 Å². The summed E-state index contributed by atoms with van der Waals surface area (Å²) in [5.74, 6) is -2.01. The van der Waals surface area contributed by atoms with Crippen LogP contribution in [-0.4, -0.2) is 53.7 Å². The van der Waals surface area contributed by atoms with E-state index in [1.807, 2.05) is 0 Å². The summed E-state index contributed by atoms with van der Waals surface area (Å²) in [5.41, 5.74) is 0.598. The van der Waals surface area contributed by atoms with Crippen LogP contribution in [0.5, 0.6) is 0 Å². The van der Waals surface area contributed by atoms with Crippen LogP contribution >= 0.6 is 0 Å². The van der Waals surface area contributed by atoms with Crippen molar-refractivity contribution in [2.24, 2.45) is 0 Å². The highest BCUT2D eigenvalue weighted by Gasteiger charge is 2.43. The highest BCUT2D eigenvalue weighted by Crippen LogP contribution is 2.28. The van der Waals surface area contributed by atoms with Crippen molar-refractivity contribution in [3.63, 3.8) is 0 Å². The zero-order valence-corrected chi connectivity index (χ0v) is 14.2. The number of fused-ring (bicyclic) bond motifs is 1. The van der Waals surface area contributed by atoms with Gasteiger partial charge in [0.1, 0.15) is 18.8 Å². The van der Waals surface area contributed by atoms with Crippen molar-refractivity contribution >= 4 is 23.8 Å². The lowest BCUT2D eigenvalue weighted by atomic mass is 10.1. The molecule has 2 heterocycles. The molecule has 2 aliphatic rings. The van der Waals surface area contributed by atoms with Crippen molar-refractivity contribution < 1.29 is 33.4 Å². The number of ether oxygens (including phenoxy) is 3. The van der Waals surface area contributed by atoms with E-state index in [0.717, 1.165) is 4.90 Å². The Hall–Kier alpha value is -3.00. The van der Waals surface area contributed by atoms with Gasteiger partial charge in [0, 0.05) is 13.8 Å². The highest BCUT2D eigenvalue weighted by molar-refractivity contribution is 6.21. The smallest absolute Gasteiger partial charge is 0.303 e. The number of carbonyl (C=O) groups excluding carboxylic acids is 4. The first kappa shape index (κ1) is 17.8. The minimum absolute atomic E-state index is 0.183. The maximum atomic E-state index is 12.6. The highest BCUT2D eigenvalue weighted by atomic mass is 16.6. The molecule has 2 aliphatic heterocycles. The molecule has 136 valence electrons. The topological polar surface area (TPSA) is 99.2 Å². The third kappa shape index (κ3) is 3.36. The minimum Gasteiger partial charge on any atom is -0.463 e. The van der Waals surface area contributed by atoms with E-state index in [4.69, 9.17) is 14.2 Å². The van der Waals surface area contributed by atoms with Gasteiger partial charge < -0.3 is 14.2 Å².